The third-order valence-corrected chi connectivity index (χ3v) is 2.03. The molecule has 0 bridgehead atoms. The van der Waals surface area contributed by atoms with Crippen LogP contribution < -0.4 is 0 Å². The van der Waals surface area contributed by atoms with Gasteiger partial charge in [0.15, 0.2) is 0 Å². The Labute approximate surface area is 67.0 Å². The van der Waals surface area contributed by atoms with E-state index in [9.17, 15) is 5.11 Å². The summed E-state index contributed by atoms with van der Waals surface area (Å²) in [6.07, 6.45) is 2.32. The van der Waals surface area contributed by atoms with Crippen molar-refractivity contribution in [3.8, 4) is 0 Å². The fraction of sp³-hybridized carbons (Fsp3) is 1.00. The first-order valence-electron chi connectivity index (χ1n) is 4.23. The van der Waals surface area contributed by atoms with Gasteiger partial charge >= 0.3 is 0 Å². The van der Waals surface area contributed by atoms with Crippen molar-refractivity contribution in [3.05, 3.63) is 0 Å². The average molecular weight is 159 g/mol. The summed E-state index contributed by atoms with van der Waals surface area (Å²) in [4.78, 5) is 0. The molecular weight excluding hydrogens is 144 g/mol. The van der Waals surface area contributed by atoms with Crippen LogP contribution in [0.1, 0.15) is 25.7 Å². The standard InChI is InChI=1S/C8H15O3/c9-5-1-4-8-7(10)3-2-6-11-8/h7-9H,1-6H2. The Bertz CT molecular complexity index is 106. The van der Waals surface area contributed by atoms with E-state index in [1.165, 1.54) is 0 Å². The Kier molecular flexibility index (Phi) is 3.83. The van der Waals surface area contributed by atoms with Gasteiger partial charge in [0, 0.05) is 13.2 Å². The molecule has 11 heavy (non-hydrogen) atoms. The van der Waals surface area contributed by atoms with Crippen LogP contribution in [-0.2, 0) is 9.84 Å². The third kappa shape index (κ3) is 2.77. The first-order valence-corrected chi connectivity index (χ1v) is 4.23. The summed E-state index contributed by atoms with van der Waals surface area (Å²) in [5.74, 6) is 0. The van der Waals surface area contributed by atoms with E-state index in [0.29, 0.717) is 12.8 Å². The van der Waals surface area contributed by atoms with Crippen LogP contribution in [0.2, 0.25) is 0 Å². The van der Waals surface area contributed by atoms with E-state index in [1.807, 2.05) is 0 Å². The maximum Gasteiger partial charge on any atom is 0.119 e. The van der Waals surface area contributed by atoms with E-state index < -0.39 is 6.10 Å². The number of rotatable bonds is 3. The molecule has 3 nitrogen and oxygen atoms in total. The quantitative estimate of drug-likeness (QED) is 0.660. The van der Waals surface area contributed by atoms with Crippen molar-refractivity contribution in [2.75, 3.05) is 13.2 Å². The van der Waals surface area contributed by atoms with E-state index in [-0.39, 0.29) is 12.7 Å². The number of hydrogen-bond donors (Lipinski definition) is 1. The highest BCUT2D eigenvalue weighted by Gasteiger charge is 2.24. The lowest BCUT2D eigenvalue weighted by molar-refractivity contribution is -0.105. The number of hydrogen-bond acceptors (Lipinski definition) is 2. The van der Waals surface area contributed by atoms with E-state index in [0.717, 1.165) is 19.4 Å². The summed E-state index contributed by atoms with van der Waals surface area (Å²) in [6.45, 7) is 0.876. The second kappa shape index (κ2) is 4.70. The van der Waals surface area contributed by atoms with Crippen LogP contribution >= 0.6 is 0 Å². The Morgan fingerprint density at radius 3 is 3.00 bits per heavy atom. The maximum atomic E-state index is 11.2. The molecule has 0 aromatic carbocycles. The monoisotopic (exact) mass is 159 g/mol. The molecule has 2 atom stereocenters. The Morgan fingerprint density at radius 1 is 1.55 bits per heavy atom. The Morgan fingerprint density at radius 2 is 2.36 bits per heavy atom. The predicted octanol–water partition coefficient (Wildman–Crippen LogP) is 0.737. The summed E-state index contributed by atoms with van der Waals surface area (Å²) in [5.41, 5.74) is 0. The number of aliphatic hydroxyl groups is 1. The van der Waals surface area contributed by atoms with Crippen LogP contribution in [0.5, 0.6) is 0 Å². The van der Waals surface area contributed by atoms with Crippen molar-refractivity contribution in [1.82, 2.24) is 0 Å². The van der Waals surface area contributed by atoms with Gasteiger partial charge in [0.05, 0.1) is 6.10 Å². The molecule has 0 saturated carbocycles. The Balaban J connectivity index is 2.18. The lowest BCUT2D eigenvalue weighted by atomic mass is 10.0. The van der Waals surface area contributed by atoms with Crippen LogP contribution in [-0.4, -0.2) is 30.5 Å². The average Bonchev–Trinajstić information content (AvgIpc) is 2.03. The molecule has 2 unspecified atom stereocenters. The smallest absolute Gasteiger partial charge is 0.119 e. The fourth-order valence-electron chi connectivity index (χ4n) is 1.37. The minimum atomic E-state index is -0.560. The predicted molar refractivity (Wildman–Crippen MR) is 39.8 cm³/mol. The normalized spacial score (nSPS) is 32.2. The van der Waals surface area contributed by atoms with Gasteiger partial charge in [0.25, 0.3) is 0 Å². The van der Waals surface area contributed by atoms with Crippen LogP contribution in [0.3, 0.4) is 0 Å². The molecule has 0 amide bonds. The minimum Gasteiger partial charge on any atom is -0.396 e. The molecule has 1 N–H and O–H groups in total. The summed E-state index contributed by atoms with van der Waals surface area (Å²) >= 11 is 0. The summed E-state index contributed by atoms with van der Waals surface area (Å²) in [6, 6.07) is 0. The third-order valence-electron chi connectivity index (χ3n) is 2.03. The second-order valence-electron chi connectivity index (χ2n) is 2.96. The molecule has 0 spiro atoms. The van der Waals surface area contributed by atoms with Crippen LogP contribution in [0.4, 0.5) is 0 Å². The van der Waals surface area contributed by atoms with Gasteiger partial charge < -0.3 is 9.84 Å². The molecule has 1 aliphatic heterocycles. The highest BCUT2D eigenvalue weighted by molar-refractivity contribution is 4.72. The van der Waals surface area contributed by atoms with Crippen molar-refractivity contribution in [1.29, 1.82) is 0 Å². The Hall–Kier alpha value is -0.120. The molecular formula is C8H15O3. The van der Waals surface area contributed by atoms with Gasteiger partial charge in [-0.15, -0.1) is 0 Å². The summed E-state index contributed by atoms with van der Waals surface area (Å²) in [5, 5.41) is 19.7. The van der Waals surface area contributed by atoms with Crippen LogP contribution in [0.15, 0.2) is 0 Å². The first-order chi connectivity index (χ1) is 5.34. The molecule has 1 heterocycles. The zero-order valence-electron chi connectivity index (χ0n) is 6.66. The molecule has 0 aromatic rings. The SMILES string of the molecule is [O]C1CCCOC1CCCO. The van der Waals surface area contributed by atoms with Gasteiger partial charge in [0.1, 0.15) is 6.10 Å². The van der Waals surface area contributed by atoms with Crippen molar-refractivity contribution < 1.29 is 14.9 Å². The molecule has 3 heteroatoms. The minimum absolute atomic E-state index is 0.143. The molecule has 0 aliphatic carbocycles. The van der Waals surface area contributed by atoms with Crippen molar-refractivity contribution in [2.45, 2.75) is 37.9 Å². The number of ether oxygens (including phenoxy) is 1. The fourth-order valence-corrected chi connectivity index (χ4v) is 1.37. The molecule has 1 radical (unpaired) electrons. The molecule has 1 rings (SSSR count). The summed E-state index contributed by atoms with van der Waals surface area (Å²) in [7, 11) is 0. The van der Waals surface area contributed by atoms with E-state index in [1.54, 1.807) is 0 Å². The summed E-state index contributed by atoms with van der Waals surface area (Å²) < 4.78 is 5.27. The van der Waals surface area contributed by atoms with Crippen LogP contribution in [0, 0.1) is 0 Å². The van der Waals surface area contributed by atoms with Crippen molar-refractivity contribution in [3.63, 3.8) is 0 Å². The van der Waals surface area contributed by atoms with Gasteiger partial charge in [-0.2, -0.15) is 0 Å². The largest absolute Gasteiger partial charge is 0.396 e. The highest BCUT2D eigenvalue weighted by atomic mass is 16.5. The van der Waals surface area contributed by atoms with Crippen molar-refractivity contribution >= 4 is 0 Å². The van der Waals surface area contributed by atoms with E-state index >= 15 is 0 Å². The first kappa shape index (κ1) is 8.97. The molecule has 1 aliphatic rings. The van der Waals surface area contributed by atoms with E-state index in [4.69, 9.17) is 9.84 Å². The maximum absolute atomic E-state index is 11.2. The number of aliphatic hydroxyl groups excluding tert-OH is 1. The van der Waals surface area contributed by atoms with Gasteiger partial charge in [0.2, 0.25) is 0 Å². The lowest BCUT2D eigenvalue weighted by Crippen LogP contribution is -2.33. The van der Waals surface area contributed by atoms with Gasteiger partial charge in [-0.05, 0) is 25.7 Å². The van der Waals surface area contributed by atoms with Gasteiger partial charge in [-0.25, -0.2) is 5.11 Å². The van der Waals surface area contributed by atoms with E-state index in [2.05, 4.69) is 0 Å². The highest BCUT2D eigenvalue weighted by Crippen LogP contribution is 2.17. The molecule has 1 fully saturated rings. The molecule has 65 valence electrons. The second-order valence-corrected chi connectivity index (χ2v) is 2.96. The zero-order chi connectivity index (χ0) is 8.10. The van der Waals surface area contributed by atoms with Crippen molar-refractivity contribution in [2.24, 2.45) is 0 Å². The van der Waals surface area contributed by atoms with Crippen LogP contribution in [0.25, 0.3) is 0 Å². The topological polar surface area (TPSA) is 49.4 Å². The lowest BCUT2D eigenvalue weighted by Gasteiger charge is -2.26. The molecule has 1 saturated heterocycles. The van der Waals surface area contributed by atoms with Gasteiger partial charge in [-0.3, -0.25) is 0 Å². The zero-order valence-corrected chi connectivity index (χ0v) is 6.66. The molecule has 0 aromatic heterocycles. The van der Waals surface area contributed by atoms with Gasteiger partial charge in [-0.1, -0.05) is 0 Å².